The summed E-state index contributed by atoms with van der Waals surface area (Å²) >= 11 is 19.6. The van der Waals surface area contributed by atoms with Gasteiger partial charge in [0.2, 0.25) is 5.91 Å². The monoisotopic (exact) mass is 465 g/mol. The number of halogens is 3. The summed E-state index contributed by atoms with van der Waals surface area (Å²) in [7, 11) is 0. The third-order valence-corrected chi connectivity index (χ3v) is 6.93. The molecule has 0 fully saturated rings. The fourth-order valence-electron chi connectivity index (χ4n) is 4.47. The average molecular weight is 467 g/mol. The van der Waals surface area contributed by atoms with Crippen molar-refractivity contribution in [1.29, 1.82) is 0 Å². The molecular weight excluding hydrogens is 449 g/mol. The fraction of sp³-hybridized carbons (Fsp3) is 0.115. The molecule has 1 aliphatic heterocycles. The zero-order valence-corrected chi connectivity index (χ0v) is 18.8. The van der Waals surface area contributed by atoms with Gasteiger partial charge in [0, 0.05) is 33.1 Å². The van der Waals surface area contributed by atoms with Crippen molar-refractivity contribution in [2.45, 2.75) is 18.9 Å². The third-order valence-electron chi connectivity index (χ3n) is 5.90. The van der Waals surface area contributed by atoms with E-state index in [0.717, 1.165) is 33.2 Å². The Hall–Kier alpha value is -2.52. The zero-order valence-electron chi connectivity index (χ0n) is 16.5. The van der Waals surface area contributed by atoms with Crippen molar-refractivity contribution < 1.29 is 4.79 Å². The van der Waals surface area contributed by atoms with E-state index in [0.29, 0.717) is 21.6 Å². The molecule has 4 aromatic carbocycles. The SMILES string of the molecule is O=C1CC(c2c(Cl)cccc2Cl)c2c(ccc3ccccc23)N1Cc1ccccc1Cl. The van der Waals surface area contributed by atoms with Gasteiger partial charge in [0.1, 0.15) is 0 Å². The second-order valence-electron chi connectivity index (χ2n) is 7.68. The Kier molecular flexibility index (Phi) is 5.39. The van der Waals surface area contributed by atoms with E-state index >= 15 is 0 Å². The Morgan fingerprint density at radius 3 is 2.19 bits per heavy atom. The molecule has 0 spiro atoms. The lowest BCUT2D eigenvalue weighted by molar-refractivity contribution is -0.119. The standard InChI is InChI=1S/C26H18Cl3NO/c27-20-9-4-2-7-17(20)15-30-23-13-12-16-6-1-3-8-18(16)25(23)19(14-24(30)31)26-21(28)10-5-11-22(26)29/h1-13,19H,14-15H2. The highest BCUT2D eigenvalue weighted by Gasteiger charge is 2.35. The minimum absolute atomic E-state index is 0.0173. The minimum Gasteiger partial charge on any atom is -0.308 e. The minimum atomic E-state index is -0.225. The largest absolute Gasteiger partial charge is 0.308 e. The summed E-state index contributed by atoms with van der Waals surface area (Å²) < 4.78 is 0. The number of benzene rings is 4. The quantitative estimate of drug-likeness (QED) is 0.301. The fourth-order valence-corrected chi connectivity index (χ4v) is 5.32. The molecule has 154 valence electrons. The van der Waals surface area contributed by atoms with E-state index in [1.165, 1.54) is 0 Å². The molecule has 31 heavy (non-hydrogen) atoms. The number of carbonyl (C=O) groups excluding carboxylic acids is 1. The van der Waals surface area contributed by atoms with Crippen LogP contribution in [0.5, 0.6) is 0 Å². The lowest BCUT2D eigenvalue weighted by atomic mass is 9.81. The van der Waals surface area contributed by atoms with E-state index in [9.17, 15) is 4.79 Å². The van der Waals surface area contributed by atoms with E-state index in [4.69, 9.17) is 34.8 Å². The van der Waals surface area contributed by atoms with Crippen LogP contribution in [0.2, 0.25) is 15.1 Å². The van der Waals surface area contributed by atoms with Crippen molar-refractivity contribution in [2.75, 3.05) is 4.90 Å². The molecule has 1 amide bonds. The Labute approximate surface area is 196 Å². The smallest absolute Gasteiger partial charge is 0.228 e. The molecule has 0 radical (unpaired) electrons. The van der Waals surface area contributed by atoms with Crippen LogP contribution in [-0.4, -0.2) is 5.91 Å². The second kappa shape index (κ2) is 8.20. The number of amides is 1. The van der Waals surface area contributed by atoms with E-state index < -0.39 is 0 Å². The molecule has 4 aromatic rings. The van der Waals surface area contributed by atoms with Crippen LogP contribution in [0.1, 0.15) is 29.0 Å². The first-order chi connectivity index (χ1) is 15.0. The summed E-state index contributed by atoms with van der Waals surface area (Å²) in [6.45, 7) is 0.410. The number of hydrogen-bond donors (Lipinski definition) is 0. The molecule has 0 aliphatic carbocycles. The van der Waals surface area contributed by atoms with Crippen LogP contribution in [0.25, 0.3) is 10.8 Å². The maximum atomic E-state index is 13.4. The van der Waals surface area contributed by atoms with Crippen molar-refractivity contribution in [3.63, 3.8) is 0 Å². The highest BCUT2D eigenvalue weighted by Crippen LogP contribution is 2.48. The Morgan fingerprint density at radius 1 is 0.742 bits per heavy atom. The van der Waals surface area contributed by atoms with Gasteiger partial charge in [-0.05, 0) is 51.7 Å². The maximum absolute atomic E-state index is 13.4. The Morgan fingerprint density at radius 2 is 1.42 bits per heavy atom. The van der Waals surface area contributed by atoms with E-state index in [-0.39, 0.29) is 18.2 Å². The number of rotatable bonds is 3. The summed E-state index contributed by atoms with van der Waals surface area (Å²) in [6, 6.07) is 25.4. The molecule has 1 unspecified atom stereocenters. The molecule has 2 nitrogen and oxygen atoms in total. The molecule has 0 bridgehead atoms. The summed E-state index contributed by atoms with van der Waals surface area (Å²) in [6.07, 6.45) is 0.287. The summed E-state index contributed by atoms with van der Waals surface area (Å²) in [5.74, 6) is -0.207. The van der Waals surface area contributed by atoms with Gasteiger partial charge in [-0.1, -0.05) is 89.4 Å². The molecule has 5 rings (SSSR count). The van der Waals surface area contributed by atoms with Crippen molar-refractivity contribution in [2.24, 2.45) is 0 Å². The van der Waals surface area contributed by atoms with Crippen molar-refractivity contribution in [3.05, 3.63) is 111 Å². The number of nitrogens with zero attached hydrogens (tertiary/aromatic N) is 1. The predicted octanol–water partition coefficient (Wildman–Crippen LogP) is 7.87. The van der Waals surface area contributed by atoms with Gasteiger partial charge in [-0.2, -0.15) is 0 Å². The Bertz CT molecular complexity index is 1300. The lowest BCUT2D eigenvalue weighted by Gasteiger charge is -2.36. The van der Waals surface area contributed by atoms with Crippen LogP contribution >= 0.6 is 34.8 Å². The van der Waals surface area contributed by atoms with Crippen LogP contribution < -0.4 is 4.90 Å². The van der Waals surface area contributed by atoms with Gasteiger partial charge in [0.25, 0.3) is 0 Å². The van der Waals surface area contributed by atoms with Gasteiger partial charge in [-0.15, -0.1) is 0 Å². The van der Waals surface area contributed by atoms with E-state index in [1.54, 1.807) is 0 Å². The summed E-state index contributed by atoms with van der Waals surface area (Å²) in [5, 5.41) is 4.00. The number of hydrogen-bond acceptors (Lipinski definition) is 1. The van der Waals surface area contributed by atoms with Crippen molar-refractivity contribution in [1.82, 2.24) is 0 Å². The van der Waals surface area contributed by atoms with Crippen molar-refractivity contribution in [3.8, 4) is 0 Å². The molecule has 0 aromatic heterocycles. The molecule has 0 saturated heterocycles. The van der Waals surface area contributed by atoms with Gasteiger partial charge >= 0.3 is 0 Å². The molecule has 5 heteroatoms. The first-order valence-electron chi connectivity index (χ1n) is 10.0. The van der Waals surface area contributed by atoms with Gasteiger partial charge in [-0.25, -0.2) is 0 Å². The molecular formula is C26H18Cl3NO. The molecule has 1 heterocycles. The first-order valence-corrected chi connectivity index (χ1v) is 11.2. The maximum Gasteiger partial charge on any atom is 0.228 e. The number of anilines is 1. The van der Waals surface area contributed by atoms with Crippen LogP contribution in [0.3, 0.4) is 0 Å². The molecule has 1 atom stereocenters. The Balaban J connectivity index is 1.73. The van der Waals surface area contributed by atoms with Gasteiger partial charge < -0.3 is 4.90 Å². The van der Waals surface area contributed by atoms with Gasteiger partial charge in [-0.3, -0.25) is 4.79 Å². The van der Waals surface area contributed by atoms with E-state index in [2.05, 4.69) is 18.2 Å². The summed E-state index contributed by atoms with van der Waals surface area (Å²) in [4.78, 5) is 15.2. The normalized spacial score (nSPS) is 15.9. The molecule has 0 saturated carbocycles. The third kappa shape index (κ3) is 3.59. The molecule has 1 aliphatic rings. The van der Waals surface area contributed by atoms with Crippen LogP contribution in [0.4, 0.5) is 5.69 Å². The van der Waals surface area contributed by atoms with Gasteiger partial charge in [0.05, 0.1) is 6.54 Å². The lowest BCUT2D eigenvalue weighted by Crippen LogP contribution is -2.36. The van der Waals surface area contributed by atoms with Crippen LogP contribution in [-0.2, 0) is 11.3 Å². The highest BCUT2D eigenvalue weighted by atomic mass is 35.5. The highest BCUT2D eigenvalue weighted by molar-refractivity contribution is 6.36. The van der Waals surface area contributed by atoms with Crippen molar-refractivity contribution >= 4 is 57.2 Å². The van der Waals surface area contributed by atoms with E-state index in [1.807, 2.05) is 65.6 Å². The number of fused-ring (bicyclic) bond motifs is 3. The average Bonchev–Trinajstić information content (AvgIpc) is 2.76. The number of carbonyl (C=O) groups is 1. The van der Waals surface area contributed by atoms with Gasteiger partial charge in [0.15, 0.2) is 0 Å². The zero-order chi connectivity index (χ0) is 21.5. The second-order valence-corrected chi connectivity index (χ2v) is 8.90. The molecule has 0 N–H and O–H groups in total. The topological polar surface area (TPSA) is 20.3 Å². The van der Waals surface area contributed by atoms with Crippen LogP contribution in [0.15, 0.2) is 78.9 Å². The predicted molar refractivity (Wildman–Crippen MR) is 130 cm³/mol. The summed E-state index contributed by atoms with van der Waals surface area (Å²) in [5.41, 5.74) is 3.65. The van der Waals surface area contributed by atoms with Crippen LogP contribution in [0, 0.1) is 0 Å². The first kappa shape index (κ1) is 20.4.